The summed E-state index contributed by atoms with van der Waals surface area (Å²) in [5, 5.41) is 14.7. The predicted molar refractivity (Wildman–Crippen MR) is 52.5 cm³/mol. The lowest BCUT2D eigenvalue weighted by Crippen LogP contribution is -2.33. The number of rotatable bonds is 5. The largest absolute Gasteiger partial charge is 0.395 e. The van der Waals surface area contributed by atoms with Crippen molar-refractivity contribution in [1.82, 2.24) is 14.5 Å². The van der Waals surface area contributed by atoms with Gasteiger partial charge in [-0.25, -0.2) is 0 Å². The Morgan fingerprint density at radius 1 is 1.62 bits per heavy atom. The van der Waals surface area contributed by atoms with Crippen molar-refractivity contribution in [2.45, 2.75) is 26.4 Å². The van der Waals surface area contributed by atoms with Gasteiger partial charge in [-0.05, 0) is 25.4 Å². The zero-order valence-electron chi connectivity index (χ0n) is 7.97. The van der Waals surface area contributed by atoms with E-state index in [4.69, 9.17) is 5.11 Å². The van der Waals surface area contributed by atoms with Crippen LogP contribution in [0.1, 0.15) is 19.5 Å². The fourth-order valence-corrected chi connectivity index (χ4v) is 1.55. The summed E-state index contributed by atoms with van der Waals surface area (Å²) in [6.07, 6.45) is 0. The topological polar surface area (TPSA) is 49.2 Å². The number of nitrogens with zero attached hydrogens (tertiary/aromatic N) is 3. The smallest absolute Gasteiger partial charge is 0.0895 e. The minimum Gasteiger partial charge on any atom is -0.395 e. The third kappa shape index (κ3) is 3.38. The van der Waals surface area contributed by atoms with E-state index in [-0.39, 0.29) is 6.61 Å². The van der Waals surface area contributed by atoms with Gasteiger partial charge in [-0.15, -0.1) is 5.10 Å². The standard InChI is InChI=1S/C8H15N3OS/c1-7(2)11(3-4-12)5-8-6-13-10-9-8/h6-7,12H,3-5H2,1-2H3. The Bertz CT molecular complexity index is 225. The fraction of sp³-hybridized carbons (Fsp3) is 0.750. The third-order valence-corrected chi connectivity index (χ3v) is 2.44. The molecule has 4 nitrogen and oxygen atoms in total. The molecule has 0 saturated heterocycles. The minimum atomic E-state index is 0.190. The van der Waals surface area contributed by atoms with Gasteiger partial charge in [0.15, 0.2) is 0 Å². The molecular formula is C8H15N3OS. The molecule has 0 amide bonds. The van der Waals surface area contributed by atoms with Gasteiger partial charge in [0.25, 0.3) is 0 Å². The molecule has 0 fully saturated rings. The van der Waals surface area contributed by atoms with Crippen LogP contribution in [0.25, 0.3) is 0 Å². The molecule has 0 unspecified atom stereocenters. The van der Waals surface area contributed by atoms with Crippen LogP contribution < -0.4 is 0 Å². The molecule has 0 atom stereocenters. The van der Waals surface area contributed by atoms with Crippen molar-refractivity contribution in [3.8, 4) is 0 Å². The first-order valence-corrected chi connectivity index (χ1v) is 5.18. The Kier molecular flexibility index (Phi) is 4.27. The van der Waals surface area contributed by atoms with E-state index in [2.05, 4.69) is 28.3 Å². The molecule has 0 aliphatic rings. The van der Waals surface area contributed by atoms with Crippen molar-refractivity contribution >= 4 is 11.5 Å². The summed E-state index contributed by atoms with van der Waals surface area (Å²) >= 11 is 1.36. The maximum Gasteiger partial charge on any atom is 0.0895 e. The first-order valence-electron chi connectivity index (χ1n) is 4.35. The molecule has 1 heterocycles. The lowest BCUT2D eigenvalue weighted by atomic mass is 10.3. The average molecular weight is 201 g/mol. The van der Waals surface area contributed by atoms with E-state index in [9.17, 15) is 0 Å². The molecule has 1 N–H and O–H groups in total. The summed E-state index contributed by atoms with van der Waals surface area (Å²) < 4.78 is 3.80. The van der Waals surface area contributed by atoms with Crippen LogP contribution in [0, 0.1) is 0 Å². The Balaban J connectivity index is 2.47. The van der Waals surface area contributed by atoms with Crippen LogP contribution >= 0.6 is 11.5 Å². The summed E-state index contributed by atoms with van der Waals surface area (Å²) in [6.45, 7) is 5.87. The first kappa shape index (κ1) is 10.6. The van der Waals surface area contributed by atoms with Crippen molar-refractivity contribution in [3.05, 3.63) is 11.1 Å². The molecule has 74 valence electrons. The van der Waals surface area contributed by atoms with Crippen LogP contribution in [0.15, 0.2) is 5.38 Å². The summed E-state index contributed by atoms with van der Waals surface area (Å²) in [4.78, 5) is 2.16. The van der Waals surface area contributed by atoms with E-state index in [1.54, 1.807) is 0 Å². The molecule has 0 aromatic carbocycles. The second-order valence-electron chi connectivity index (χ2n) is 3.18. The van der Waals surface area contributed by atoms with E-state index >= 15 is 0 Å². The van der Waals surface area contributed by atoms with Crippen LogP contribution in [0.4, 0.5) is 0 Å². The Labute approximate surface area is 82.4 Å². The van der Waals surface area contributed by atoms with Gasteiger partial charge in [-0.1, -0.05) is 4.49 Å². The minimum absolute atomic E-state index is 0.190. The van der Waals surface area contributed by atoms with Crippen molar-refractivity contribution in [1.29, 1.82) is 0 Å². The fourth-order valence-electron chi connectivity index (χ4n) is 1.11. The van der Waals surface area contributed by atoms with Gasteiger partial charge in [0.2, 0.25) is 0 Å². The zero-order chi connectivity index (χ0) is 9.68. The summed E-state index contributed by atoms with van der Waals surface area (Å²) in [6, 6.07) is 0.425. The average Bonchev–Trinajstić information content (AvgIpc) is 2.56. The van der Waals surface area contributed by atoms with Crippen molar-refractivity contribution < 1.29 is 5.11 Å². The first-order chi connectivity index (χ1) is 6.24. The molecule has 0 radical (unpaired) electrons. The molecule has 0 bridgehead atoms. The lowest BCUT2D eigenvalue weighted by molar-refractivity contribution is 0.158. The van der Waals surface area contributed by atoms with Crippen LogP contribution in [0.3, 0.4) is 0 Å². The zero-order valence-corrected chi connectivity index (χ0v) is 8.79. The van der Waals surface area contributed by atoms with E-state index in [0.717, 1.165) is 12.2 Å². The number of aliphatic hydroxyl groups excluding tert-OH is 1. The highest BCUT2D eigenvalue weighted by atomic mass is 32.1. The van der Waals surface area contributed by atoms with Crippen molar-refractivity contribution in [3.63, 3.8) is 0 Å². The second-order valence-corrected chi connectivity index (χ2v) is 3.79. The van der Waals surface area contributed by atoms with E-state index in [1.807, 2.05) is 5.38 Å². The highest BCUT2D eigenvalue weighted by Gasteiger charge is 2.10. The van der Waals surface area contributed by atoms with Gasteiger partial charge in [0, 0.05) is 24.5 Å². The normalized spacial score (nSPS) is 11.5. The lowest BCUT2D eigenvalue weighted by Gasteiger charge is -2.24. The van der Waals surface area contributed by atoms with Gasteiger partial charge in [-0.2, -0.15) is 0 Å². The van der Waals surface area contributed by atoms with Gasteiger partial charge >= 0.3 is 0 Å². The number of aromatic nitrogens is 2. The van der Waals surface area contributed by atoms with Gasteiger partial charge < -0.3 is 5.11 Å². The molecule has 1 aromatic heterocycles. The Morgan fingerprint density at radius 3 is 2.85 bits per heavy atom. The Morgan fingerprint density at radius 2 is 2.38 bits per heavy atom. The molecule has 13 heavy (non-hydrogen) atoms. The molecule has 1 rings (SSSR count). The molecule has 0 aliphatic carbocycles. The van der Waals surface area contributed by atoms with Crippen molar-refractivity contribution in [2.75, 3.05) is 13.2 Å². The molecule has 0 aliphatic heterocycles. The summed E-state index contributed by atoms with van der Waals surface area (Å²) in [5.74, 6) is 0. The second kappa shape index (κ2) is 5.26. The van der Waals surface area contributed by atoms with Crippen LogP contribution in [-0.4, -0.2) is 38.8 Å². The van der Waals surface area contributed by atoms with E-state index in [0.29, 0.717) is 12.6 Å². The van der Waals surface area contributed by atoms with Crippen LogP contribution in [0.5, 0.6) is 0 Å². The van der Waals surface area contributed by atoms with Crippen LogP contribution in [0.2, 0.25) is 0 Å². The van der Waals surface area contributed by atoms with Gasteiger partial charge in [0.05, 0.1) is 12.3 Å². The molecular weight excluding hydrogens is 186 g/mol. The molecule has 1 aromatic rings. The van der Waals surface area contributed by atoms with Crippen molar-refractivity contribution in [2.24, 2.45) is 0 Å². The summed E-state index contributed by atoms with van der Waals surface area (Å²) in [5.41, 5.74) is 0.979. The maximum absolute atomic E-state index is 8.84. The molecule has 5 heteroatoms. The number of hydrogen-bond donors (Lipinski definition) is 1. The maximum atomic E-state index is 8.84. The Hall–Kier alpha value is -0.520. The quantitative estimate of drug-likeness (QED) is 0.763. The summed E-state index contributed by atoms with van der Waals surface area (Å²) in [7, 11) is 0. The number of aliphatic hydroxyl groups is 1. The van der Waals surface area contributed by atoms with Gasteiger partial charge in [-0.3, -0.25) is 4.90 Å². The van der Waals surface area contributed by atoms with Gasteiger partial charge in [0.1, 0.15) is 0 Å². The highest BCUT2D eigenvalue weighted by Crippen LogP contribution is 2.06. The van der Waals surface area contributed by atoms with E-state index < -0.39 is 0 Å². The highest BCUT2D eigenvalue weighted by molar-refractivity contribution is 7.03. The number of hydrogen-bond acceptors (Lipinski definition) is 5. The predicted octanol–water partition coefficient (Wildman–Crippen LogP) is 0.741. The monoisotopic (exact) mass is 201 g/mol. The van der Waals surface area contributed by atoms with E-state index in [1.165, 1.54) is 11.5 Å². The third-order valence-electron chi connectivity index (χ3n) is 1.89. The van der Waals surface area contributed by atoms with Crippen LogP contribution in [-0.2, 0) is 6.54 Å². The molecule has 0 saturated carbocycles. The SMILES string of the molecule is CC(C)N(CCO)Cc1csnn1. The molecule has 0 spiro atoms.